The number of nitrogens with zero attached hydrogens (tertiary/aromatic N) is 3. The maximum absolute atomic E-state index is 13.7. The van der Waals surface area contributed by atoms with E-state index in [4.69, 9.17) is 37.9 Å². The minimum atomic E-state index is -0.648. The van der Waals surface area contributed by atoms with Crippen molar-refractivity contribution in [3.63, 3.8) is 0 Å². The van der Waals surface area contributed by atoms with Crippen molar-refractivity contribution in [1.82, 2.24) is 20.3 Å². The fraction of sp³-hybridized carbons (Fsp3) is 0.312. The monoisotopic (exact) mass is 628 g/mol. The Morgan fingerprint density at radius 1 is 0.848 bits per heavy atom. The van der Waals surface area contributed by atoms with Crippen molar-refractivity contribution < 1.29 is 47.5 Å². The van der Waals surface area contributed by atoms with Crippen LogP contribution in [0.25, 0.3) is 5.69 Å². The Labute approximate surface area is 262 Å². The van der Waals surface area contributed by atoms with Gasteiger partial charge in [-0.15, -0.1) is 5.10 Å². The number of benzene rings is 3. The van der Waals surface area contributed by atoms with Gasteiger partial charge >= 0.3 is 5.97 Å². The first-order chi connectivity index (χ1) is 22.5. The quantitative estimate of drug-likeness (QED) is 0.300. The predicted molar refractivity (Wildman–Crippen MR) is 156 cm³/mol. The summed E-state index contributed by atoms with van der Waals surface area (Å²) in [5.74, 6) is 1.22. The van der Waals surface area contributed by atoms with Crippen LogP contribution >= 0.6 is 0 Å². The van der Waals surface area contributed by atoms with E-state index in [1.54, 1.807) is 18.2 Å². The van der Waals surface area contributed by atoms with Crippen LogP contribution < -0.4 is 38.5 Å². The number of fused-ring (bicyclic) bond motifs is 4. The molecule has 4 aliphatic rings. The van der Waals surface area contributed by atoms with Crippen molar-refractivity contribution in [2.45, 2.75) is 12.0 Å². The molecule has 1 saturated heterocycles. The predicted octanol–water partition coefficient (Wildman–Crippen LogP) is 3.16. The van der Waals surface area contributed by atoms with Crippen LogP contribution in [0.2, 0.25) is 0 Å². The van der Waals surface area contributed by atoms with Gasteiger partial charge in [-0.25, -0.2) is 4.68 Å². The lowest BCUT2D eigenvalue weighted by Gasteiger charge is -2.39. The Morgan fingerprint density at radius 3 is 2.22 bits per heavy atom. The van der Waals surface area contributed by atoms with Crippen LogP contribution in [-0.4, -0.2) is 68.4 Å². The van der Waals surface area contributed by atoms with Crippen LogP contribution in [0, 0.1) is 11.8 Å². The number of aromatic nitrogens is 3. The highest BCUT2D eigenvalue weighted by Crippen LogP contribution is 2.55. The molecule has 8 rings (SSSR count). The second-order valence-corrected chi connectivity index (χ2v) is 11.1. The minimum Gasteiger partial charge on any atom is -0.493 e. The first-order valence-electron chi connectivity index (χ1n) is 14.5. The average Bonchev–Trinajstić information content (AvgIpc) is 3.90. The Balaban J connectivity index is 1.19. The van der Waals surface area contributed by atoms with Crippen LogP contribution in [0.3, 0.4) is 0 Å². The fourth-order valence-corrected chi connectivity index (χ4v) is 6.77. The Morgan fingerprint density at radius 2 is 1.52 bits per heavy atom. The third-order valence-electron chi connectivity index (χ3n) is 8.87. The van der Waals surface area contributed by atoms with Crippen LogP contribution in [0.4, 0.5) is 0 Å². The van der Waals surface area contributed by atoms with Crippen LogP contribution in [0.1, 0.15) is 39.1 Å². The molecule has 4 aromatic rings. The summed E-state index contributed by atoms with van der Waals surface area (Å²) in [6.07, 6.45) is 1.53. The van der Waals surface area contributed by atoms with E-state index in [9.17, 15) is 9.59 Å². The number of ether oxygens (including phenoxy) is 8. The van der Waals surface area contributed by atoms with E-state index < -0.39 is 29.7 Å². The van der Waals surface area contributed by atoms with E-state index in [2.05, 4.69) is 15.6 Å². The lowest BCUT2D eigenvalue weighted by atomic mass is 9.65. The number of hydrogen-bond donors (Lipinski definition) is 1. The molecule has 1 N–H and O–H groups in total. The molecule has 1 aromatic heterocycles. The number of nitrogens with one attached hydrogen (secondary N) is 1. The van der Waals surface area contributed by atoms with Crippen molar-refractivity contribution in [2.24, 2.45) is 11.8 Å². The Bertz CT molecular complexity index is 1870. The summed E-state index contributed by atoms with van der Waals surface area (Å²) in [7, 11) is 4.60. The van der Waals surface area contributed by atoms with E-state index in [0.717, 1.165) is 16.7 Å². The molecule has 0 unspecified atom stereocenters. The molecule has 3 aliphatic heterocycles. The van der Waals surface area contributed by atoms with Crippen molar-refractivity contribution in [1.29, 1.82) is 0 Å². The van der Waals surface area contributed by atoms with Gasteiger partial charge in [-0.1, -0.05) is 5.21 Å². The summed E-state index contributed by atoms with van der Waals surface area (Å²) in [6.45, 7) is 0.303. The number of carbonyl (C=O) groups is 2. The molecule has 0 spiro atoms. The molecule has 14 nitrogen and oxygen atoms in total. The SMILES string of the molecule is COc1cc([C@@H]2c3cc4c(cc3[C@H](NC(=O)c3cn(-c5ccc6c(c5)OCO6)nn3)[C@H]3COC(=O)[C@H]23)OCO4)cc(OC)c1OC. The molecule has 3 aromatic carbocycles. The molecule has 4 heterocycles. The molecule has 4 atom stereocenters. The maximum atomic E-state index is 13.7. The first kappa shape index (κ1) is 27.9. The number of methoxy groups -OCH3 is 3. The summed E-state index contributed by atoms with van der Waals surface area (Å²) in [6, 6.07) is 12.1. The number of cyclic esters (lactones) is 1. The van der Waals surface area contributed by atoms with E-state index >= 15 is 0 Å². The zero-order valence-corrected chi connectivity index (χ0v) is 25.0. The normalized spacial score (nSPS) is 21.7. The number of esters is 1. The van der Waals surface area contributed by atoms with Gasteiger partial charge in [0.1, 0.15) is 0 Å². The van der Waals surface area contributed by atoms with Gasteiger partial charge in [-0.2, -0.15) is 0 Å². The highest BCUT2D eigenvalue weighted by atomic mass is 16.7. The van der Waals surface area contributed by atoms with Gasteiger partial charge in [-0.05, 0) is 53.1 Å². The van der Waals surface area contributed by atoms with Gasteiger partial charge in [0.05, 0.1) is 51.8 Å². The van der Waals surface area contributed by atoms with Crippen molar-refractivity contribution in [3.8, 4) is 45.9 Å². The largest absolute Gasteiger partial charge is 0.493 e. The lowest BCUT2D eigenvalue weighted by molar-refractivity contribution is -0.141. The molecule has 1 amide bonds. The number of hydrogen-bond acceptors (Lipinski definition) is 12. The second-order valence-electron chi connectivity index (χ2n) is 11.1. The highest BCUT2D eigenvalue weighted by Gasteiger charge is 2.53. The molecule has 14 heteroatoms. The summed E-state index contributed by atoms with van der Waals surface area (Å²) in [4.78, 5) is 27.2. The van der Waals surface area contributed by atoms with Gasteiger partial charge in [-0.3, -0.25) is 9.59 Å². The molecule has 0 saturated carbocycles. The minimum absolute atomic E-state index is 0.0575. The summed E-state index contributed by atoms with van der Waals surface area (Å²) < 4.78 is 46.3. The Hall–Kier alpha value is -5.66. The van der Waals surface area contributed by atoms with Crippen LogP contribution in [0.5, 0.6) is 40.2 Å². The molecule has 1 aliphatic carbocycles. The fourth-order valence-electron chi connectivity index (χ4n) is 6.77. The summed E-state index contributed by atoms with van der Waals surface area (Å²) in [5.41, 5.74) is 3.02. The summed E-state index contributed by atoms with van der Waals surface area (Å²) >= 11 is 0. The molecule has 236 valence electrons. The highest BCUT2D eigenvalue weighted by molar-refractivity contribution is 5.92. The van der Waals surface area contributed by atoms with E-state index in [-0.39, 0.29) is 31.9 Å². The van der Waals surface area contributed by atoms with E-state index in [1.165, 1.54) is 32.2 Å². The lowest BCUT2D eigenvalue weighted by Crippen LogP contribution is -2.43. The average molecular weight is 629 g/mol. The van der Waals surface area contributed by atoms with Gasteiger partial charge < -0.3 is 43.2 Å². The third kappa shape index (κ3) is 4.31. The molecule has 1 fully saturated rings. The standard InChI is InChI=1S/C32H28N4O10/c1-39-25-6-15(7-26(40-2)30(25)41-3)27-17-9-23-24(46-14-45-23)10-18(17)29(19-12-42-32(38)28(19)27)33-31(37)20-11-36(35-34-20)16-4-5-21-22(8-16)44-13-43-21/h4-11,19,27-29H,12-14H2,1-3H3,(H,33,37)/t19-,27+,28-,29-/m0/s1. The van der Waals surface area contributed by atoms with Gasteiger partial charge in [0.25, 0.3) is 5.91 Å². The smallest absolute Gasteiger partial charge is 0.310 e. The van der Waals surface area contributed by atoms with Crippen LogP contribution in [0.15, 0.2) is 48.7 Å². The van der Waals surface area contributed by atoms with Gasteiger partial charge in [0.15, 0.2) is 40.2 Å². The second kappa shape index (κ2) is 10.8. The summed E-state index contributed by atoms with van der Waals surface area (Å²) in [5, 5.41) is 11.4. The topological polar surface area (TPSA) is 151 Å². The van der Waals surface area contributed by atoms with Crippen molar-refractivity contribution in [3.05, 3.63) is 71.0 Å². The van der Waals surface area contributed by atoms with Gasteiger partial charge in [0.2, 0.25) is 19.3 Å². The third-order valence-corrected chi connectivity index (χ3v) is 8.87. The van der Waals surface area contributed by atoms with Crippen molar-refractivity contribution in [2.75, 3.05) is 41.5 Å². The van der Waals surface area contributed by atoms with E-state index in [0.29, 0.717) is 45.9 Å². The zero-order chi connectivity index (χ0) is 31.5. The number of carbonyl (C=O) groups excluding carboxylic acids is 2. The van der Waals surface area contributed by atoms with Crippen LogP contribution in [-0.2, 0) is 9.53 Å². The molecular formula is C32H28N4O10. The maximum Gasteiger partial charge on any atom is 0.310 e. The first-order valence-corrected chi connectivity index (χ1v) is 14.5. The molecule has 0 bridgehead atoms. The zero-order valence-electron chi connectivity index (χ0n) is 25.0. The van der Waals surface area contributed by atoms with Gasteiger partial charge in [0, 0.05) is 17.9 Å². The molecular weight excluding hydrogens is 600 g/mol. The molecule has 46 heavy (non-hydrogen) atoms. The van der Waals surface area contributed by atoms with Crippen molar-refractivity contribution >= 4 is 11.9 Å². The number of amides is 1. The number of rotatable bonds is 7. The van der Waals surface area contributed by atoms with E-state index in [1.807, 2.05) is 24.3 Å². The molecule has 0 radical (unpaired) electrons. The Kier molecular flexibility index (Phi) is 6.51.